The molecule has 0 spiro atoms. The number of anilines is 1. The lowest BCUT2D eigenvalue weighted by atomic mass is 9.85. The van der Waals surface area contributed by atoms with Gasteiger partial charge in [-0.05, 0) is 20.8 Å². The summed E-state index contributed by atoms with van der Waals surface area (Å²) in [7, 11) is -4.55. The predicted molar refractivity (Wildman–Crippen MR) is 283 cm³/mol. The molecule has 41 nitrogen and oxygen atoms in total. The molecule has 5 aliphatic heterocycles. The van der Waals surface area contributed by atoms with Gasteiger partial charge in [-0.15, -0.1) is 0 Å². The van der Waals surface area contributed by atoms with Gasteiger partial charge in [-0.2, -0.15) is 0 Å². The number of phosphoric acid groups is 1. The number of rotatable bonds is 28. The molecule has 1 aromatic carbocycles. The van der Waals surface area contributed by atoms with Crippen molar-refractivity contribution in [1.82, 2.24) is 10.6 Å². The van der Waals surface area contributed by atoms with Crippen LogP contribution >= 0.6 is 7.82 Å². The highest BCUT2D eigenvalue weighted by Gasteiger charge is 2.62. The highest BCUT2D eigenvalue weighted by molar-refractivity contribution is 7.47. The lowest BCUT2D eigenvalue weighted by Crippen LogP contribution is -2.72. The lowest BCUT2D eigenvalue weighted by Gasteiger charge is -2.52. The number of amides is 5. The number of aliphatic hydroxyl groups is 10. The average Bonchev–Trinajstić information content (AvgIpc) is 0.785. The molecule has 0 saturated carbocycles. The second-order valence-corrected chi connectivity index (χ2v) is 22.9. The van der Waals surface area contributed by atoms with Gasteiger partial charge in [0, 0.05) is 27.4 Å². The summed E-state index contributed by atoms with van der Waals surface area (Å²) in [5, 5.41) is 124. The van der Waals surface area contributed by atoms with E-state index in [0.717, 1.165) is 20.8 Å². The van der Waals surface area contributed by atoms with Gasteiger partial charge in [-0.1, -0.05) is 0 Å². The summed E-state index contributed by atoms with van der Waals surface area (Å²) in [4.78, 5) is 112. The molecule has 0 aromatic heterocycles. The lowest BCUT2D eigenvalue weighted by molar-refractivity contribution is -0.375. The molecule has 1 aromatic rings. The number of nitrogens with zero attached hydrogens (tertiary/aromatic N) is 1. The number of aliphatic hydroxyl groups excluding tert-OH is 9. The largest absolute Gasteiger partial charge is 0.488 e. The van der Waals surface area contributed by atoms with Gasteiger partial charge in [0.25, 0.3) is 10.9 Å². The van der Waals surface area contributed by atoms with E-state index >= 15 is 0 Å². The number of carbonyl (C=O) groups is 6. The van der Waals surface area contributed by atoms with Crippen LogP contribution in [-0.2, 0) is 89.7 Å². The zero-order chi connectivity index (χ0) is 67.3. The molecular weight excluding hydrogens is 1250 g/mol. The molecule has 5 amide bonds. The molecule has 0 bridgehead atoms. The van der Waals surface area contributed by atoms with Gasteiger partial charge in [-0.25, -0.2) is 14.2 Å². The molecule has 42 heteroatoms. The summed E-state index contributed by atoms with van der Waals surface area (Å²) in [6, 6.07) is -3.95. The van der Waals surface area contributed by atoms with Crippen LogP contribution in [0.4, 0.5) is 10.5 Å². The average molecular weight is 1330 g/mol. The van der Waals surface area contributed by atoms with Gasteiger partial charge in [0.05, 0.1) is 39.1 Å². The predicted octanol–water partition coefficient (Wildman–Crippen LogP) is -11.4. The third kappa shape index (κ3) is 16.7. The zero-order valence-corrected chi connectivity index (χ0v) is 49.5. The maximum atomic E-state index is 13.9. The van der Waals surface area contributed by atoms with Crippen molar-refractivity contribution >= 4 is 49.2 Å². The number of aliphatic carboxylic acids is 1. The Kier molecular flexibility index (Phi) is 25.0. The van der Waals surface area contributed by atoms with Crippen LogP contribution in [0.1, 0.15) is 34.6 Å². The van der Waals surface area contributed by atoms with Crippen LogP contribution in [0.15, 0.2) is 9.59 Å². The third-order valence-electron chi connectivity index (χ3n) is 14.8. The smallest absolute Gasteiger partial charge is 0.474 e. The molecular formula is C48H75N6O35P. The van der Waals surface area contributed by atoms with Gasteiger partial charge >= 0.3 is 19.9 Å². The first-order valence-corrected chi connectivity index (χ1v) is 28.9. The highest BCUT2D eigenvalue weighted by atomic mass is 31.2. The van der Waals surface area contributed by atoms with Crippen LogP contribution in [-0.4, -0.2) is 302 Å². The van der Waals surface area contributed by atoms with E-state index in [1.165, 1.54) is 18.9 Å². The number of nitrogens with two attached hydrogens (primary N) is 3. The number of primary amides is 3. The number of hydrogen-bond acceptors (Lipinski definition) is 34. The molecule has 5 aliphatic rings. The van der Waals surface area contributed by atoms with E-state index in [1.807, 2.05) is 0 Å². The second kappa shape index (κ2) is 30.6. The van der Waals surface area contributed by atoms with E-state index in [0.29, 0.717) is 0 Å². The summed E-state index contributed by atoms with van der Waals surface area (Å²) >= 11 is 0. The number of carboxylic acids is 1. The molecule has 5 saturated heterocycles. The number of nitrogens with one attached hydrogen (secondary N) is 2. The van der Waals surface area contributed by atoms with E-state index in [1.54, 1.807) is 6.92 Å². The van der Waals surface area contributed by atoms with E-state index in [-0.39, 0.29) is 24.6 Å². The minimum Gasteiger partial charge on any atom is -0.488 e. The van der Waals surface area contributed by atoms with Crippen molar-refractivity contribution in [3.05, 3.63) is 20.4 Å². The Bertz CT molecular complexity index is 2800. The maximum Gasteiger partial charge on any atom is 0.474 e. The quantitative estimate of drug-likeness (QED) is 0.0274. The molecule has 0 radical (unpaired) electrons. The molecule has 0 aliphatic carbocycles. The van der Waals surface area contributed by atoms with Crippen molar-refractivity contribution in [1.29, 1.82) is 0 Å². The Morgan fingerprint density at radius 2 is 1.27 bits per heavy atom. The molecule has 20 N–H and O–H groups in total. The topological polar surface area (TPSA) is 631 Å². The van der Waals surface area contributed by atoms with Crippen molar-refractivity contribution in [2.75, 3.05) is 51.5 Å². The van der Waals surface area contributed by atoms with Crippen LogP contribution < -0.4 is 48.3 Å². The van der Waals surface area contributed by atoms with Crippen LogP contribution in [0.25, 0.3) is 0 Å². The van der Waals surface area contributed by atoms with Crippen molar-refractivity contribution < 1.29 is 160 Å². The monoisotopic (exact) mass is 1330 g/mol. The fourth-order valence-corrected chi connectivity index (χ4v) is 11.1. The maximum absolute atomic E-state index is 13.9. The molecule has 90 heavy (non-hydrogen) atoms. The Morgan fingerprint density at radius 1 is 0.711 bits per heavy atom. The fourth-order valence-electron chi connectivity index (χ4n) is 10.3. The van der Waals surface area contributed by atoms with E-state index in [2.05, 4.69) is 10.6 Å². The first-order chi connectivity index (χ1) is 42.0. The van der Waals surface area contributed by atoms with Gasteiger partial charge < -0.3 is 151 Å². The number of carbonyl (C=O) groups excluding carboxylic acids is 5. The van der Waals surface area contributed by atoms with Crippen LogP contribution in [0.3, 0.4) is 0 Å². The zero-order valence-electron chi connectivity index (χ0n) is 48.6. The van der Waals surface area contributed by atoms with Gasteiger partial charge in [0.1, 0.15) is 96.6 Å². The SMILES string of the molecule is CCOc1c(N(C)CCO[C@H](COP(=O)(O)O[C@H]2O[C@H](C(N)=O)[C@@](C)(O)[C@H](OC(N)=O)[C@H]2O[C@@H]2O[C@H](CO[C@@H]3O[C@H](CO)[C@@H](O)[C@H](O)[C@H]3O)[C@@H](O[C@@H]3O[C@H](C)[C@@H](O[C@@H]4O[C@H](C(N)=O)[C@H](O)[C@H](O)[C@H]4O)[C@H](O)[C@H]3NC(C)=O)[C@H](O)[C@H]2NC(C)=O)C(=O)O)c(=O)c1=O. The van der Waals surface area contributed by atoms with E-state index in [9.17, 15) is 104 Å². The summed E-state index contributed by atoms with van der Waals surface area (Å²) in [5.41, 5.74) is 11.3. The molecule has 27 atom stereocenters. The van der Waals surface area contributed by atoms with Crippen molar-refractivity contribution in [2.45, 2.75) is 194 Å². The van der Waals surface area contributed by atoms with Crippen molar-refractivity contribution in [2.24, 2.45) is 17.2 Å². The molecule has 6 rings (SSSR count). The number of ether oxygens (including phenoxy) is 12. The summed E-state index contributed by atoms with van der Waals surface area (Å²) in [6.45, 7) is 1.18. The summed E-state index contributed by atoms with van der Waals surface area (Å²) in [5.74, 6) is -6.88. The van der Waals surface area contributed by atoms with Gasteiger partial charge in [0.2, 0.25) is 23.6 Å². The number of phosphoric ester groups is 1. The van der Waals surface area contributed by atoms with E-state index in [4.69, 9.17) is 83.1 Å². The fraction of sp³-hybridized carbons (Fsp3) is 0.792. The first kappa shape index (κ1) is 73.7. The Morgan fingerprint density at radius 3 is 1.82 bits per heavy atom. The molecule has 512 valence electrons. The number of hydrogen-bond donors (Lipinski definition) is 17. The molecule has 5 heterocycles. The molecule has 5 fully saturated rings. The normalized spacial score (nSPS) is 39.1. The number of likely N-dealkylation sites (N-methyl/N-ethyl adjacent to an activating group) is 1. The van der Waals surface area contributed by atoms with Gasteiger partial charge in [0.15, 0.2) is 67.7 Å². The minimum atomic E-state index is -5.89. The Balaban J connectivity index is 1.34. The second-order valence-electron chi connectivity index (χ2n) is 21.4. The number of carboxylic acid groups (broad SMARTS) is 1. The highest BCUT2D eigenvalue weighted by Crippen LogP contribution is 2.49. The summed E-state index contributed by atoms with van der Waals surface area (Å²) in [6.07, 6.45) is -50.2. The van der Waals surface area contributed by atoms with Crippen LogP contribution in [0.2, 0.25) is 0 Å². The Labute approximate surface area is 507 Å². The van der Waals surface area contributed by atoms with E-state index < -0.39 is 240 Å². The van der Waals surface area contributed by atoms with Gasteiger partial charge in [-0.3, -0.25) is 37.8 Å². The minimum absolute atomic E-state index is 0.0222. The van der Waals surface area contributed by atoms with Crippen molar-refractivity contribution in [3.63, 3.8) is 0 Å². The third-order valence-corrected chi connectivity index (χ3v) is 15.8. The Hall–Kier alpha value is -5.39. The summed E-state index contributed by atoms with van der Waals surface area (Å²) < 4.78 is 92.3. The first-order valence-electron chi connectivity index (χ1n) is 27.4. The van der Waals surface area contributed by atoms with Crippen LogP contribution in [0.5, 0.6) is 5.75 Å². The standard InChI is InChI=1S/C48H75N6O35P/c1-7-76-34-21(25(61)28(34)64)54(6)8-9-77-18(41(70)71)12-79-90(74,75)89-46-36(37(88-47(51)72)48(5,73)38(87-46)40(50)69)86-43-20(53-15(4)57)24(60)33(17(82-43)11-78-44-30(66)26(62)22(58)16(10-55)81-44)84-42-19(52-14(3)56)23(59)32(13(2)80-42)83-45-31(67)27(63)29(65)35(85-45)39(49)68/h13,16-20,22-24,26-27,29-33,35-38,42-46,55,58-60,62-63,65-67,73H,7-12H2,1-6H3,(H2,49,68)(H2,50,69)(H2,51,72)(H,52,56)(H,53,57)(H,70,71)(H,74,75)/t13-,16-,17-,18-,19-,20-,22-,23-,24-,26+,27+,29-,30-,31-,32-,33-,35+,36-,37-,38-,42+,43+,44-,45-,46-,48+/m1/s1. The molecule has 1 unspecified atom stereocenters. The van der Waals surface area contributed by atoms with Crippen molar-refractivity contribution in [3.8, 4) is 5.75 Å². The van der Waals surface area contributed by atoms with Crippen LogP contribution in [0, 0.1) is 0 Å².